The molecule has 1 aromatic carbocycles. The first kappa shape index (κ1) is 15.1. The minimum absolute atomic E-state index is 0.0838. The largest absolute Gasteiger partial charge is 0.315 e. The van der Waals surface area contributed by atoms with Crippen LogP contribution in [0.2, 0.25) is 0 Å². The topological polar surface area (TPSA) is 24.9 Å². The third-order valence-electron chi connectivity index (χ3n) is 2.91. The van der Waals surface area contributed by atoms with Crippen LogP contribution < -0.4 is 5.32 Å². The summed E-state index contributed by atoms with van der Waals surface area (Å²) < 4.78 is 26.4. The highest BCUT2D eigenvalue weighted by molar-refractivity contribution is 7.15. The molecule has 0 atom stereocenters. The van der Waals surface area contributed by atoms with Gasteiger partial charge in [-0.25, -0.2) is 13.8 Å². The zero-order valence-electron chi connectivity index (χ0n) is 12.1. The molecule has 20 heavy (non-hydrogen) atoms. The lowest BCUT2D eigenvalue weighted by molar-refractivity contribution is 0.509. The van der Waals surface area contributed by atoms with Gasteiger partial charge in [-0.05, 0) is 25.2 Å². The zero-order chi connectivity index (χ0) is 14.9. The molecule has 0 aliphatic heterocycles. The summed E-state index contributed by atoms with van der Waals surface area (Å²) >= 11 is 1.52. The zero-order valence-corrected chi connectivity index (χ0v) is 12.9. The maximum Gasteiger partial charge on any atom is 0.159 e. The van der Waals surface area contributed by atoms with E-state index >= 15 is 0 Å². The SMILES string of the molecule is CNCc1sc(-c2ccc(F)c(F)c2)nc1C(C)(C)C. The van der Waals surface area contributed by atoms with Crippen molar-refractivity contribution in [3.8, 4) is 10.6 Å². The van der Waals surface area contributed by atoms with Crippen molar-refractivity contribution in [1.29, 1.82) is 0 Å². The fourth-order valence-electron chi connectivity index (χ4n) is 1.97. The number of thiazole rings is 1. The van der Waals surface area contributed by atoms with Crippen molar-refractivity contribution in [3.05, 3.63) is 40.4 Å². The molecule has 1 heterocycles. The summed E-state index contributed by atoms with van der Waals surface area (Å²) in [6.45, 7) is 7.00. The molecule has 0 amide bonds. The van der Waals surface area contributed by atoms with Crippen LogP contribution in [0.25, 0.3) is 10.6 Å². The molecule has 0 aliphatic carbocycles. The average molecular weight is 296 g/mol. The molecule has 0 fully saturated rings. The van der Waals surface area contributed by atoms with Gasteiger partial charge < -0.3 is 5.32 Å². The third-order valence-corrected chi connectivity index (χ3v) is 4.02. The van der Waals surface area contributed by atoms with E-state index < -0.39 is 11.6 Å². The molecule has 2 aromatic rings. The van der Waals surface area contributed by atoms with E-state index in [1.807, 2.05) is 7.05 Å². The number of benzene rings is 1. The van der Waals surface area contributed by atoms with E-state index in [1.165, 1.54) is 17.4 Å². The number of nitrogens with one attached hydrogen (secondary N) is 1. The predicted molar refractivity (Wildman–Crippen MR) is 78.9 cm³/mol. The summed E-state index contributed by atoms with van der Waals surface area (Å²) in [7, 11) is 1.88. The lowest BCUT2D eigenvalue weighted by atomic mass is 9.91. The van der Waals surface area contributed by atoms with Crippen molar-refractivity contribution < 1.29 is 8.78 Å². The second-order valence-corrected chi connectivity index (χ2v) is 6.78. The van der Waals surface area contributed by atoms with Crippen LogP contribution in [0.4, 0.5) is 8.78 Å². The number of aromatic nitrogens is 1. The summed E-state index contributed by atoms with van der Waals surface area (Å²) in [5, 5.41) is 3.84. The van der Waals surface area contributed by atoms with Crippen molar-refractivity contribution >= 4 is 11.3 Å². The highest BCUT2D eigenvalue weighted by atomic mass is 32.1. The van der Waals surface area contributed by atoms with Gasteiger partial charge in [0.1, 0.15) is 5.01 Å². The third kappa shape index (κ3) is 3.04. The van der Waals surface area contributed by atoms with Gasteiger partial charge in [0.2, 0.25) is 0 Å². The lowest BCUT2D eigenvalue weighted by Crippen LogP contribution is -2.16. The van der Waals surface area contributed by atoms with E-state index in [9.17, 15) is 8.78 Å². The Hall–Kier alpha value is -1.33. The Kier molecular flexibility index (Phi) is 4.20. The fraction of sp³-hybridized carbons (Fsp3) is 0.400. The van der Waals surface area contributed by atoms with Crippen molar-refractivity contribution in [3.63, 3.8) is 0 Å². The molecule has 0 saturated carbocycles. The maximum absolute atomic E-state index is 13.3. The van der Waals surface area contributed by atoms with Gasteiger partial charge in [-0.2, -0.15) is 0 Å². The first-order valence-corrected chi connectivity index (χ1v) is 7.25. The fourth-order valence-corrected chi connectivity index (χ4v) is 3.25. The normalized spacial score (nSPS) is 11.9. The molecule has 108 valence electrons. The van der Waals surface area contributed by atoms with Crippen molar-refractivity contribution in [1.82, 2.24) is 10.3 Å². The quantitative estimate of drug-likeness (QED) is 0.922. The number of nitrogens with zero attached hydrogens (tertiary/aromatic N) is 1. The molecular formula is C15H18F2N2S. The van der Waals surface area contributed by atoms with Crippen molar-refractivity contribution in [2.45, 2.75) is 32.7 Å². The van der Waals surface area contributed by atoms with E-state index in [0.717, 1.165) is 21.6 Å². The lowest BCUT2D eigenvalue weighted by Gasteiger charge is -2.17. The van der Waals surface area contributed by atoms with E-state index in [-0.39, 0.29) is 5.41 Å². The first-order valence-electron chi connectivity index (χ1n) is 6.43. The standard InChI is InChI=1S/C15H18F2N2S/c1-15(2,3)13-12(8-18-4)20-14(19-13)9-5-6-10(16)11(17)7-9/h5-7,18H,8H2,1-4H3. The Bertz CT molecular complexity index is 615. The van der Waals surface area contributed by atoms with Crippen LogP contribution in [0.1, 0.15) is 31.3 Å². The molecule has 0 saturated heterocycles. The number of rotatable bonds is 3. The Morgan fingerprint density at radius 2 is 1.90 bits per heavy atom. The second-order valence-electron chi connectivity index (χ2n) is 5.70. The Labute approximate surface area is 121 Å². The summed E-state index contributed by atoms with van der Waals surface area (Å²) in [5.41, 5.74) is 1.53. The molecular weight excluding hydrogens is 278 g/mol. The smallest absolute Gasteiger partial charge is 0.159 e. The first-order chi connectivity index (χ1) is 9.32. The number of hydrogen-bond donors (Lipinski definition) is 1. The monoisotopic (exact) mass is 296 g/mol. The molecule has 1 aromatic heterocycles. The van der Waals surface area contributed by atoms with Crippen LogP contribution in [-0.4, -0.2) is 12.0 Å². The van der Waals surface area contributed by atoms with Gasteiger partial charge in [0.15, 0.2) is 11.6 Å². The van der Waals surface area contributed by atoms with E-state index in [2.05, 4.69) is 31.1 Å². The molecule has 0 aliphatic rings. The maximum atomic E-state index is 13.3. The Morgan fingerprint density at radius 3 is 2.45 bits per heavy atom. The van der Waals surface area contributed by atoms with Gasteiger partial charge in [-0.15, -0.1) is 11.3 Å². The number of hydrogen-bond acceptors (Lipinski definition) is 3. The molecule has 0 radical (unpaired) electrons. The second kappa shape index (κ2) is 5.58. The van der Waals surface area contributed by atoms with Crippen LogP contribution >= 0.6 is 11.3 Å². The van der Waals surface area contributed by atoms with Crippen LogP contribution in [0.3, 0.4) is 0 Å². The minimum atomic E-state index is -0.842. The summed E-state index contributed by atoms with van der Waals surface area (Å²) in [6.07, 6.45) is 0. The van der Waals surface area contributed by atoms with E-state index in [4.69, 9.17) is 0 Å². The molecule has 0 spiro atoms. The van der Waals surface area contributed by atoms with Gasteiger partial charge in [0, 0.05) is 22.4 Å². The average Bonchev–Trinajstić information content (AvgIpc) is 2.77. The Morgan fingerprint density at radius 1 is 1.20 bits per heavy atom. The van der Waals surface area contributed by atoms with Crippen LogP contribution in [0, 0.1) is 11.6 Å². The molecule has 1 N–H and O–H groups in total. The van der Waals surface area contributed by atoms with Gasteiger partial charge in [0.05, 0.1) is 5.69 Å². The molecule has 0 bridgehead atoms. The minimum Gasteiger partial charge on any atom is -0.315 e. The van der Waals surface area contributed by atoms with Gasteiger partial charge in [-0.3, -0.25) is 0 Å². The molecule has 2 nitrogen and oxygen atoms in total. The number of halogens is 2. The molecule has 0 unspecified atom stereocenters. The highest BCUT2D eigenvalue weighted by Crippen LogP contribution is 2.34. The van der Waals surface area contributed by atoms with Gasteiger partial charge in [-0.1, -0.05) is 20.8 Å². The summed E-state index contributed by atoms with van der Waals surface area (Å²) in [5.74, 6) is -1.68. The molecule has 2 rings (SSSR count). The van der Waals surface area contributed by atoms with Gasteiger partial charge in [0.25, 0.3) is 0 Å². The predicted octanol–water partition coefficient (Wildman–Crippen LogP) is 4.11. The highest BCUT2D eigenvalue weighted by Gasteiger charge is 2.23. The van der Waals surface area contributed by atoms with Crippen molar-refractivity contribution in [2.24, 2.45) is 0 Å². The van der Waals surface area contributed by atoms with Crippen LogP contribution in [0.15, 0.2) is 18.2 Å². The van der Waals surface area contributed by atoms with E-state index in [0.29, 0.717) is 12.1 Å². The summed E-state index contributed by atoms with van der Waals surface area (Å²) in [4.78, 5) is 5.76. The summed E-state index contributed by atoms with van der Waals surface area (Å²) in [6, 6.07) is 3.90. The van der Waals surface area contributed by atoms with Gasteiger partial charge >= 0.3 is 0 Å². The Balaban J connectivity index is 2.49. The van der Waals surface area contributed by atoms with Crippen LogP contribution in [0.5, 0.6) is 0 Å². The van der Waals surface area contributed by atoms with E-state index in [1.54, 1.807) is 6.07 Å². The molecule has 5 heteroatoms. The van der Waals surface area contributed by atoms with Crippen LogP contribution in [-0.2, 0) is 12.0 Å². The van der Waals surface area contributed by atoms with Crippen molar-refractivity contribution in [2.75, 3.05) is 7.05 Å².